The van der Waals surface area contributed by atoms with Crippen molar-refractivity contribution in [2.45, 2.75) is 46.1 Å². The molecular formula is C13H25N3O4. The Hall–Kier alpha value is -1.79. The van der Waals surface area contributed by atoms with Crippen molar-refractivity contribution < 1.29 is 19.5 Å². The Morgan fingerprint density at radius 2 is 1.75 bits per heavy atom. The maximum Gasteiger partial charge on any atom is 0.315 e. The number of likely N-dealkylation sites (N-methyl/N-ethyl adjacent to an activating group) is 1. The van der Waals surface area contributed by atoms with Crippen LogP contribution in [0.1, 0.15) is 40.0 Å². The van der Waals surface area contributed by atoms with Crippen LogP contribution in [0.4, 0.5) is 4.79 Å². The minimum atomic E-state index is -0.807. The van der Waals surface area contributed by atoms with Gasteiger partial charge in [-0.25, -0.2) is 4.79 Å². The fourth-order valence-electron chi connectivity index (χ4n) is 1.59. The number of carbonyl (C=O) groups is 3. The summed E-state index contributed by atoms with van der Waals surface area (Å²) in [6, 6.07) is -0.978. The SMILES string of the molecule is CCNC(=O)C(C)NC(=O)NCCC(C)CCC(=O)O. The van der Waals surface area contributed by atoms with Gasteiger partial charge in [0.25, 0.3) is 0 Å². The number of hydrogen-bond donors (Lipinski definition) is 4. The molecule has 2 atom stereocenters. The van der Waals surface area contributed by atoms with Crippen LogP contribution in [0.25, 0.3) is 0 Å². The Labute approximate surface area is 119 Å². The minimum absolute atomic E-state index is 0.140. The Bertz CT molecular complexity index is 334. The lowest BCUT2D eigenvalue weighted by molar-refractivity contribution is -0.137. The quantitative estimate of drug-likeness (QED) is 0.500. The van der Waals surface area contributed by atoms with E-state index in [0.29, 0.717) is 25.9 Å². The van der Waals surface area contributed by atoms with Crippen LogP contribution in [-0.4, -0.2) is 42.1 Å². The lowest BCUT2D eigenvalue weighted by Crippen LogP contribution is -2.48. The smallest absolute Gasteiger partial charge is 0.315 e. The second-order valence-electron chi connectivity index (χ2n) is 4.84. The van der Waals surface area contributed by atoms with Crippen molar-refractivity contribution in [1.82, 2.24) is 16.0 Å². The standard InChI is InChI=1S/C13H25N3O4/c1-4-14-12(19)10(3)16-13(20)15-8-7-9(2)5-6-11(17)18/h9-10H,4-8H2,1-3H3,(H,14,19)(H,17,18)(H2,15,16,20). The maximum absolute atomic E-state index is 11.5. The molecule has 2 unspecified atom stereocenters. The summed E-state index contributed by atoms with van der Waals surface area (Å²) in [7, 11) is 0. The molecule has 0 rings (SSSR count). The molecule has 116 valence electrons. The predicted octanol–water partition coefficient (Wildman–Crippen LogP) is 0.701. The molecule has 0 saturated heterocycles. The lowest BCUT2D eigenvalue weighted by atomic mass is 10.0. The predicted molar refractivity (Wildman–Crippen MR) is 75.3 cm³/mol. The van der Waals surface area contributed by atoms with Crippen LogP contribution in [0.5, 0.6) is 0 Å². The molecule has 0 aromatic heterocycles. The van der Waals surface area contributed by atoms with Crippen LogP contribution in [0.3, 0.4) is 0 Å². The van der Waals surface area contributed by atoms with E-state index in [0.717, 1.165) is 0 Å². The molecule has 0 spiro atoms. The van der Waals surface area contributed by atoms with Crippen LogP contribution < -0.4 is 16.0 Å². The molecule has 7 nitrogen and oxygen atoms in total. The van der Waals surface area contributed by atoms with Crippen molar-refractivity contribution in [3.63, 3.8) is 0 Å². The summed E-state index contributed by atoms with van der Waals surface area (Å²) in [4.78, 5) is 33.3. The molecule has 0 saturated carbocycles. The first-order valence-corrected chi connectivity index (χ1v) is 6.90. The van der Waals surface area contributed by atoms with Gasteiger partial charge in [0, 0.05) is 19.5 Å². The highest BCUT2D eigenvalue weighted by Gasteiger charge is 2.14. The summed E-state index contributed by atoms with van der Waals surface area (Å²) in [6.07, 6.45) is 1.44. The molecule has 0 aliphatic rings. The van der Waals surface area contributed by atoms with Gasteiger partial charge in [-0.3, -0.25) is 9.59 Å². The number of nitrogens with one attached hydrogen (secondary N) is 3. The van der Waals surface area contributed by atoms with Gasteiger partial charge in [-0.15, -0.1) is 0 Å². The molecule has 0 aliphatic carbocycles. The highest BCUT2D eigenvalue weighted by molar-refractivity contribution is 5.86. The second-order valence-corrected chi connectivity index (χ2v) is 4.84. The van der Waals surface area contributed by atoms with E-state index in [1.807, 2.05) is 13.8 Å². The van der Waals surface area contributed by atoms with Gasteiger partial charge in [0.05, 0.1) is 0 Å². The number of urea groups is 1. The van der Waals surface area contributed by atoms with Gasteiger partial charge in [-0.05, 0) is 32.6 Å². The highest BCUT2D eigenvalue weighted by Crippen LogP contribution is 2.08. The van der Waals surface area contributed by atoms with E-state index in [-0.39, 0.29) is 18.2 Å². The van der Waals surface area contributed by atoms with Gasteiger partial charge in [0.1, 0.15) is 6.04 Å². The molecule has 0 aromatic carbocycles. The highest BCUT2D eigenvalue weighted by atomic mass is 16.4. The molecule has 20 heavy (non-hydrogen) atoms. The first-order chi connectivity index (χ1) is 9.36. The third-order valence-electron chi connectivity index (χ3n) is 2.87. The molecule has 0 aliphatic heterocycles. The Morgan fingerprint density at radius 3 is 2.30 bits per heavy atom. The summed E-state index contributed by atoms with van der Waals surface area (Å²) < 4.78 is 0. The zero-order chi connectivity index (χ0) is 15.5. The van der Waals surface area contributed by atoms with Crippen LogP contribution in [-0.2, 0) is 9.59 Å². The average molecular weight is 287 g/mol. The first kappa shape index (κ1) is 18.2. The van der Waals surface area contributed by atoms with Crippen molar-refractivity contribution in [2.24, 2.45) is 5.92 Å². The normalized spacial score (nSPS) is 13.2. The number of aliphatic carboxylic acids is 1. The second kappa shape index (κ2) is 10.1. The molecule has 0 aromatic rings. The van der Waals surface area contributed by atoms with E-state index in [2.05, 4.69) is 16.0 Å². The van der Waals surface area contributed by atoms with Crippen LogP contribution in [0, 0.1) is 5.92 Å². The number of carbonyl (C=O) groups excluding carboxylic acids is 2. The van der Waals surface area contributed by atoms with Crippen LogP contribution in [0.2, 0.25) is 0 Å². The fourth-order valence-corrected chi connectivity index (χ4v) is 1.59. The Balaban J connectivity index is 3.77. The van der Waals surface area contributed by atoms with Gasteiger partial charge in [-0.2, -0.15) is 0 Å². The van der Waals surface area contributed by atoms with Crippen molar-refractivity contribution in [3.8, 4) is 0 Å². The Morgan fingerprint density at radius 1 is 1.10 bits per heavy atom. The van der Waals surface area contributed by atoms with Gasteiger partial charge in [0.15, 0.2) is 0 Å². The summed E-state index contributed by atoms with van der Waals surface area (Å²) >= 11 is 0. The van der Waals surface area contributed by atoms with E-state index in [9.17, 15) is 14.4 Å². The number of amides is 3. The summed E-state index contributed by atoms with van der Waals surface area (Å²) in [5.41, 5.74) is 0. The lowest BCUT2D eigenvalue weighted by Gasteiger charge is -2.15. The molecule has 3 amide bonds. The monoisotopic (exact) mass is 287 g/mol. The molecular weight excluding hydrogens is 262 g/mol. The van der Waals surface area contributed by atoms with Gasteiger partial charge in [-0.1, -0.05) is 6.92 Å². The fraction of sp³-hybridized carbons (Fsp3) is 0.769. The van der Waals surface area contributed by atoms with E-state index in [1.165, 1.54) is 0 Å². The van der Waals surface area contributed by atoms with Gasteiger partial charge >= 0.3 is 12.0 Å². The molecule has 7 heteroatoms. The van der Waals surface area contributed by atoms with E-state index >= 15 is 0 Å². The minimum Gasteiger partial charge on any atom is -0.481 e. The summed E-state index contributed by atoms with van der Waals surface area (Å²) in [5.74, 6) is -0.803. The summed E-state index contributed by atoms with van der Waals surface area (Å²) in [6.45, 7) is 6.34. The van der Waals surface area contributed by atoms with Crippen molar-refractivity contribution in [2.75, 3.05) is 13.1 Å². The van der Waals surface area contributed by atoms with Crippen molar-refractivity contribution in [3.05, 3.63) is 0 Å². The van der Waals surface area contributed by atoms with E-state index < -0.39 is 18.0 Å². The zero-order valence-corrected chi connectivity index (χ0v) is 12.4. The van der Waals surface area contributed by atoms with E-state index in [1.54, 1.807) is 6.92 Å². The number of carboxylic acids is 1. The number of hydrogen-bond acceptors (Lipinski definition) is 3. The van der Waals surface area contributed by atoms with Crippen molar-refractivity contribution in [1.29, 1.82) is 0 Å². The maximum atomic E-state index is 11.5. The molecule has 0 radical (unpaired) electrons. The third-order valence-corrected chi connectivity index (χ3v) is 2.87. The zero-order valence-electron chi connectivity index (χ0n) is 12.4. The number of carboxylic acid groups (broad SMARTS) is 1. The third kappa shape index (κ3) is 9.18. The first-order valence-electron chi connectivity index (χ1n) is 6.90. The van der Waals surface area contributed by atoms with Crippen LogP contribution >= 0.6 is 0 Å². The molecule has 0 heterocycles. The van der Waals surface area contributed by atoms with E-state index in [4.69, 9.17) is 5.11 Å². The van der Waals surface area contributed by atoms with Gasteiger partial charge < -0.3 is 21.1 Å². The molecule has 0 fully saturated rings. The number of rotatable bonds is 9. The summed E-state index contributed by atoms with van der Waals surface area (Å²) in [5, 5.41) is 16.4. The average Bonchev–Trinajstić information content (AvgIpc) is 2.36. The van der Waals surface area contributed by atoms with Crippen molar-refractivity contribution >= 4 is 17.9 Å². The van der Waals surface area contributed by atoms with Gasteiger partial charge in [0.2, 0.25) is 5.91 Å². The largest absolute Gasteiger partial charge is 0.481 e. The Kier molecular flexibility index (Phi) is 9.15. The molecule has 4 N–H and O–H groups in total. The molecule has 0 bridgehead atoms. The van der Waals surface area contributed by atoms with Crippen LogP contribution in [0.15, 0.2) is 0 Å². The topological polar surface area (TPSA) is 108 Å².